The Bertz CT molecular complexity index is 559. The molecule has 2 saturated heterocycles. The minimum absolute atomic E-state index is 0.0971. The van der Waals surface area contributed by atoms with E-state index in [1.165, 1.54) is 6.92 Å². The third-order valence-corrected chi connectivity index (χ3v) is 4.99. The number of aliphatic hydroxyl groups is 7. The summed E-state index contributed by atoms with van der Waals surface area (Å²) in [6.07, 6.45) is -14.2. The third kappa shape index (κ3) is 4.90. The van der Waals surface area contributed by atoms with E-state index in [1.54, 1.807) is 0 Å². The van der Waals surface area contributed by atoms with Gasteiger partial charge < -0.3 is 54.9 Å². The highest BCUT2D eigenvalue weighted by molar-refractivity contribution is 5.73. The van der Waals surface area contributed by atoms with Crippen LogP contribution in [0.25, 0.3) is 0 Å². The van der Waals surface area contributed by atoms with Gasteiger partial charge in [0.2, 0.25) is 12.5 Å². The maximum absolute atomic E-state index is 11.8. The standard InChI is InChI=1S/C17H28NO11/c1-3-4-18(7(2)21)16-13(25)12(24)15(9(6-20)27-16)29-17-14(26)11(23)10(22)8(5-19)28-17/h1,3,8-17,19-20,22-26H,4-6H2,2H3/q+1/t8?,9-,10+,11+,12?,13?,14?,15-,16+,17+/m1/s1. The Morgan fingerprint density at radius 1 is 0.966 bits per heavy atom. The van der Waals surface area contributed by atoms with E-state index in [4.69, 9.17) is 20.8 Å². The lowest BCUT2D eigenvalue weighted by molar-refractivity contribution is -0.347. The Labute approximate surface area is 167 Å². The van der Waals surface area contributed by atoms with Crippen molar-refractivity contribution in [1.82, 2.24) is 4.90 Å². The quantitative estimate of drug-likeness (QED) is 0.196. The maximum atomic E-state index is 11.8. The van der Waals surface area contributed by atoms with E-state index in [1.807, 2.05) is 0 Å². The Morgan fingerprint density at radius 2 is 1.59 bits per heavy atom. The van der Waals surface area contributed by atoms with E-state index in [9.17, 15) is 40.5 Å². The first-order valence-electron chi connectivity index (χ1n) is 9.06. The molecule has 2 fully saturated rings. The molecule has 0 radical (unpaired) electrons. The fourth-order valence-corrected chi connectivity index (χ4v) is 3.35. The average molecular weight is 422 g/mol. The van der Waals surface area contributed by atoms with Crippen molar-refractivity contribution in [2.45, 2.75) is 68.3 Å². The summed E-state index contributed by atoms with van der Waals surface area (Å²) < 4.78 is 16.2. The summed E-state index contributed by atoms with van der Waals surface area (Å²) in [7, 11) is 0. The van der Waals surface area contributed by atoms with Crippen LogP contribution in [0.5, 0.6) is 0 Å². The van der Waals surface area contributed by atoms with Crippen LogP contribution >= 0.6 is 0 Å². The fraction of sp³-hybridized carbons (Fsp3) is 0.824. The van der Waals surface area contributed by atoms with Crippen molar-refractivity contribution in [2.75, 3.05) is 19.8 Å². The van der Waals surface area contributed by atoms with Crippen molar-refractivity contribution >= 4 is 5.91 Å². The van der Waals surface area contributed by atoms with Crippen LogP contribution in [0.15, 0.2) is 6.08 Å². The Hall–Kier alpha value is -1.28. The molecular weight excluding hydrogens is 394 g/mol. The van der Waals surface area contributed by atoms with E-state index in [0.717, 1.165) is 11.0 Å². The SMILES string of the molecule is [CH+]=CCN(C(C)=O)[C@H]1O[C@H](CO)[C@@H](O[C@@H]2OC(CO)[C@H](O)[C@H](O)C2O)C(O)C1O. The highest BCUT2D eigenvalue weighted by Crippen LogP contribution is 2.30. The summed E-state index contributed by atoms with van der Waals surface area (Å²) in [5.74, 6) is -0.507. The minimum Gasteiger partial charge on any atom is -0.394 e. The summed E-state index contributed by atoms with van der Waals surface area (Å²) in [5.41, 5.74) is 0. The van der Waals surface area contributed by atoms with Crippen LogP contribution in [0, 0.1) is 6.58 Å². The third-order valence-electron chi connectivity index (χ3n) is 4.99. The van der Waals surface area contributed by atoms with Gasteiger partial charge in [0.25, 0.3) is 0 Å². The highest BCUT2D eigenvalue weighted by Gasteiger charge is 2.51. The number of hydrogen-bond acceptors (Lipinski definition) is 11. The number of ether oxygens (including phenoxy) is 3. The lowest BCUT2D eigenvalue weighted by atomic mass is 9.96. The molecule has 12 nitrogen and oxygen atoms in total. The molecule has 4 unspecified atom stereocenters. The summed E-state index contributed by atoms with van der Waals surface area (Å²) in [4.78, 5) is 12.9. The lowest BCUT2D eigenvalue weighted by Gasteiger charge is -2.47. The molecule has 2 heterocycles. The second kappa shape index (κ2) is 10.2. The first-order valence-corrected chi connectivity index (χ1v) is 9.06. The van der Waals surface area contributed by atoms with Crippen molar-refractivity contribution in [3.63, 3.8) is 0 Å². The van der Waals surface area contributed by atoms with E-state index < -0.39 is 80.5 Å². The largest absolute Gasteiger partial charge is 0.394 e. The van der Waals surface area contributed by atoms with Gasteiger partial charge in [0.05, 0.1) is 19.8 Å². The molecule has 0 spiro atoms. The molecule has 10 atom stereocenters. The van der Waals surface area contributed by atoms with Gasteiger partial charge in [0.1, 0.15) is 48.8 Å². The molecule has 29 heavy (non-hydrogen) atoms. The Balaban J connectivity index is 2.19. The molecule has 0 aromatic rings. The normalized spacial score (nSPS) is 43.0. The molecule has 2 rings (SSSR count). The van der Waals surface area contributed by atoms with Gasteiger partial charge in [-0.3, -0.25) is 4.79 Å². The molecule has 166 valence electrons. The van der Waals surface area contributed by atoms with Gasteiger partial charge >= 0.3 is 0 Å². The number of rotatable bonds is 7. The molecule has 12 heteroatoms. The van der Waals surface area contributed by atoms with Crippen LogP contribution < -0.4 is 0 Å². The van der Waals surface area contributed by atoms with Crippen molar-refractivity contribution < 1.29 is 54.8 Å². The average Bonchev–Trinajstić information content (AvgIpc) is 2.70. The Morgan fingerprint density at radius 3 is 2.10 bits per heavy atom. The van der Waals surface area contributed by atoms with E-state index >= 15 is 0 Å². The van der Waals surface area contributed by atoms with E-state index in [0.29, 0.717) is 0 Å². The number of amides is 1. The molecule has 2 aliphatic rings. The monoisotopic (exact) mass is 422 g/mol. The van der Waals surface area contributed by atoms with Crippen molar-refractivity contribution in [3.05, 3.63) is 12.7 Å². The van der Waals surface area contributed by atoms with Crippen LogP contribution in [0.4, 0.5) is 0 Å². The summed E-state index contributed by atoms with van der Waals surface area (Å²) in [6, 6.07) is 0. The number of aliphatic hydroxyl groups excluding tert-OH is 7. The van der Waals surface area contributed by atoms with E-state index in [2.05, 4.69) is 0 Å². The fourth-order valence-electron chi connectivity index (χ4n) is 3.35. The lowest BCUT2D eigenvalue weighted by Crippen LogP contribution is -2.67. The van der Waals surface area contributed by atoms with Gasteiger partial charge in [-0.15, -0.1) is 0 Å². The van der Waals surface area contributed by atoms with Crippen molar-refractivity contribution in [3.8, 4) is 0 Å². The van der Waals surface area contributed by atoms with Gasteiger partial charge in [-0.25, -0.2) is 0 Å². The maximum Gasteiger partial charge on any atom is 0.221 e. The van der Waals surface area contributed by atoms with E-state index in [-0.39, 0.29) is 6.54 Å². The summed E-state index contributed by atoms with van der Waals surface area (Å²) >= 11 is 0. The molecule has 0 aromatic carbocycles. The van der Waals surface area contributed by atoms with Gasteiger partial charge in [0, 0.05) is 6.92 Å². The summed E-state index contributed by atoms with van der Waals surface area (Å²) in [6.45, 7) is 5.06. The molecular formula is C17H28NO11+. The number of nitrogens with zero attached hydrogens (tertiary/aromatic N) is 1. The van der Waals surface area contributed by atoms with Crippen LogP contribution in [-0.2, 0) is 19.0 Å². The van der Waals surface area contributed by atoms with Crippen molar-refractivity contribution in [2.24, 2.45) is 0 Å². The summed E-state index contributed by atoms with van der Waals surface area (Å²) in [5, 5.41) is 69.6. The minimum atomic E-state index is -1.75. The number of carbonyl (C=O) groups excluding carboxylic acids is 1. The van der Waals surface area contributed by atoms with Crippen LogP contribution in [0.1, 0.15) is 6.92 Å². The number of hydrogen-bond donors (Lipinski definition) is 7. The van der Waals surface area contributed by atoms with Gasteiger partial charge in [-0.05, 0) is 0 Å². The molecule has 0 saturated carbocycles. The second-order valence-electron chi connectivity index (χ2n) is 6.93. The van der Waals surface area contributed by atoms with Crippen LogP contribution in [0.3, 0.4) is 0 Å². The molecule has 2 aliphatic heterocycles. The zero-order valence-corrected chi connectivity index (χ0v) is 15.8. The van der Waals surface area contributed by atoms with Gasteiger partial charge in [-0.2, -0.15) is 0 Å². The van der Waals surface area contributed by atoms with Gasteiger partial charge in [-0.1, -0.05) is 0 Å². The van der Waals surface area contributed by atoms with Crippen LogP contribution in [-0.4, -0.2) is 128 Å². The predicted molar refractivity (Wildman–Crippen MR) is 92.7 cm³/mol. The molecule has 0 aliphatic carbocycles. The zero-order chi connectivity index (χ0) is 21.9. The van der Waals surface area contributed by atoms with Gasteiger partial charge in [0.15, 0.2) is 18.6 Å². The first-order chi connectivity index (χ1) is 13.7. The topological polar surface area (TPSA) is 190 Å². The molecule has 0 aromatic heterocycles. The van der Waals surface area contributed by atoms with Crippen molar-refractivity contribution in [1.29, 1.82) is 0 Å². The molecule has 1 amide bonds. The predicted octanol–water partition coefficient (Wildman–Crippen LogP) is -4.55. The second-order valence-corrected chi connectivity index (χ2v) is 6.93. The Kier molecular flexibility index (Phi) is 8.40. The number of carbonyl (C=O) groups is 1. The molecule has 7 N–H and O–H groups in total. The zero-order valence-electron chi connectivity index (χ0n) is 15.8. The highest BCUT2D eigenvalue weighted by atomic mass is 16.7. The first kappa shape index (κ1) is 24.0. The molecule has 0 bridgehead atoms. The smallest absolute Gasteiger partial charge is 0.221 e. The van der Waals surface area contributed by atoms with Crippen LogP contribution in [0.2, 0.25) is 0 Å².